The summed E-state index contributed by atoms with van der Waals surface area (Å²) < 4.78 is 1.85. The number of amides is 1. The van der Waals surface area contributed by atoms with Gasteiger partial charge in [0.1, 0.15) is 11.9 Å². The molecule has 3 heterocycles. The molecule has 7 heteroatoms. The van der Waals surface area contributed by atoms with Crippen molar-refractivity contribution in [1.82, 2.24) is 14.7 Å². The molecule has 0 saturated carbocycles. The lowest BCUT2D eigenvalue weighted by Crippen LogP contribution is -2.41. The van der Waals surface area contributed by atoms with E-state index in [9.17, 15) is 4.79 Å². The number of likely N-dealkylation sites (tertiary alicyclic amines) is 1. The van der Waals surface area contributed by atoms with Crippen LogP contribution in [0.1, 0.15) is 36.9 Å². The van der Waals surface area contributed by atoms with Gasteiger partial charge in [0.2, 0.25) is 0 Å². The molecule has 2 aliphatic rings. The lowest BCUT2D eigenvalue weighted by atomic mass is 9.93. The van der Waals surface area contributed by atoms with E-state index < -0.39 is 0 Å². The van der Waals surface area contributed by atoms with Crippen LogP contribution in [0.2, 0.25) is 10.0 Å². The fourth-order valence-corrected chi connectivity index (χ4v) is 5.14. The zero-order chi connectivity index (χ0) is 22.2. The number of rotatable bonds is 4. The Morgan fingerprint density at radius 1 is 1.12 bits per heavy atom. The highest BCUT2D eigenvalue weighted by Gasteiger charge is 2.38. The molecule has 0 radical (unpaired) electrons. The molecule has 32 heavy (non-hydrogen) atoms. The first-order chi connectivity index (χ1) is 15.5. The van der Waals surface area contributed by atoms with Crippen LogP contribution in [0.3, 0.4) is 0 Å². The van der Waals surface area contributed by atoms with Gasteiger partial charge in [-0.1, -0.05) is 59.6 Å². The minimum atomic E-state index is -0.374. The fourth-order valence-electron chi connectivity index (χ4n) is 4.83. The molecule has 1 fully saturated rings. The first-order valence-electron chi connectivity index (χ1n) is 10.8. The molecule has 5 nitrogen and oxygen atoms in total. The Morgan fingerprint density at radius 2 is 1.94 bits per heavy atom. The number of fused-ring (bicyclic) bond motifs is 1. The zero-order valence-electron chi connectivity index (χ0n) is 17.8. The van der Waals surface area contributed by atoms with E-state index in [-0.39, 0.29) is 18.0 Å². The standard InChI is InChI=1S/C25H24Cl2N4O/c1-16-23(25(32)30-13-5-8-19(30)14-17-6-3-2-4-7-17)24(31-22(29-16)11-12-28-31)18-9-10-20(26)21(27)15-18/h2-4,6-7,9-12,15,19,24,29H,5,8,13-14H2,1H3/t19-,24?/m0/s1. The van der Waals surface area contributed by atoms with Crippen LogP contribution in [-0.2, 0) is 11.2 Å². The summed E-state index contributed by atoms with van der Waals surface area (Å²) in [6, 6.07) is 17.6. The maximum Gasteiger partial charge on any atom is 0.254 e. The Balaban J connectivity index is 1.52. The molecular weight excluding hydrogens is 443 g/mol. The van der Waals surface area contributed by atoms with Crippen LogP contribution in [0.4, 0.5) is 5.82 Å². The largest absolute Gasteiger partial charge is 0.344 e. The summed E-state index contributed by atoms with van der Waals surface area (Å²) in [4.78, 5) is 16.0. The third-order valence-electron chi connectivity index (χ3n) is 6.35. The van der Waals surface area contributed by atoms with Gasteiger partial charge in [-0.05, 0) is 49.4 Å². The number of carbonyl (C=O) groups is 1. The third-order valence-corrected chi connectivity index (χ3v) is 7.09. The number of hydrogen-bond donors (Lipinski definition) is 1. The second-order valence-electron chi connectivity index (χ2n) is 8.39. The number of nitrogens with zero attached hydrogens (tertiary/aromatic N) is 3. The molecule has 0 aliphatic carbocycles. The minimum absolute atomic E-state index is 0.0469. The smallest absolute Gasteiger partial charge is 0.254 e. The lowest BCUT2D eigenvalue weighted by molar-refractivity contribution is -0.128. The monoisotopic (exact) mass is 466 g/mol. The SMILES string of the molecule is CC1=C(C(=O)N2CCC[C@H]2Cc2ccccc2)C(c2ccc(Cl)c(Cl)c2)n2nccc2N1. The van der Waals surface area contributed by atoms with Crippen molar-refractivity contribution in [3.63, 3.8) is 0 Å². The Labute approximate surface area is 197 Å². The van der Waals surface area contributed by atoms with Gasteiger partial charge in [-0.2, -0.15) is 5.10 Å². The number of carbonyl (C=O) groups excluding carboxylic acids is 1. The summed E-state index contributed by atoms with van der Waals surface area (Å²) in [6.07, 6.45) is 4.61. The highest BCUT2D eigenvalue weighted by atomic mass is 35.5. The number of anilines is 1. The maximum atomic E-state index is 14.0. The van der Waals surface area contributed by atoms with Crippen LogP contribution in [-0.4, -0.2) is 33.2 Å². The van der Waals surface area contributed by atoms with Gasteiger partial charge in [-0.15, -0.1) is 0 Å². The number of hydrogen-bond acceptors (Lipinski definition) is 3. The van der Waals surface area contributed by atoms with Crippen LogP contribution in [0, 0.1) is 0 Å². The first-order valence-corrected chi connectivity index (χ1v) is 11.6. The maximum absolute atomic E-state index is 14.0. The number of nitrogens with one attached hydrogen (secondary N) is 1. The van der Waals surface area contributed by atoms with Crippen LogP contribution in [0.15, 0.2) is 72.1 Å². The van der Waals surface area contributed by atoms with E-state index in [4.69, 9.17) is 23.2 Å². The Morgan fingerprint density at radius 3 is 2.72 bits per heavy atom. The summed E-state index contributed by atoms with van der Waals surface area (Å²) in [5.41, 5.74) is 3.66. The van der Waals surface area contributed by atoms with Gasteiger partial charge >= 0.3 is 0 Å². The van der Waals surface area contributed by atoms with Gasteiger partial charge in [-0.3, -0.25) is 4.79 Å². The van der Waals surface area contributed by atoms with E-state index in [0.29, 0.717) is 15.6 Å². The molecule has 1 aromatic heterocycles. The molecule has 2 aliphatic heterocycles. The summed E-state index contributed by atoms with van der Waals surface area (Å²) in [5.74, 6) is 0.892. The predicted molar refractivity (Wildman–Crippen MR) is 128 cm³/mol. The minimum Gasteiger partial charge on any atom is -0.344 e. The molecule has 2 atom stereocenters. The normalized spacial score (nSPS) is 20.3. The quantitative estimate of drug-likeness (QED) is 0.535. The predicted octanol–water partition coefficient (Wildman–Crippen LogP) is 5.71. The van der Waals surface area contributed by atoms with Gasteiger partial charge in [0.05, 0.1) is 21.8 Å². The number of aromatic nitrogens is 2. The highest BCUT2D eigenvalue weighted by molar-refractivity contribution is 6.42. The summed E-state index contributed by atoms with van der Waals surface area (Å²) in [6.45, 7) is 2.71. The fraction of sp³-hybridized carbons (Fsp3) is 0.280. The van der Waals surface area contributed by atoms with E-state index in [2.05, 4.69) is 22.5 Å². The molecule has 1 saturated heterocycles. The average Bonchev–Trinajstić information content (AvgIpc) is 3.44. The molecule has 0 bridgehead atoms. The van der Waals surface area contributed by atoms with Gasteiger partial charge in [-0.25, -0.2) is 4.68 Å². The lowest BCUT2D eigenvalue weighted by Gasteiger charge is -2.34. The zero-order valence-corrected chi connectivity index (χ0v) is 19.3. The molecule has 164 valence electrons. The van der Waals surface area contributed by atoms with Gasteiger partial charge < -0.3 is 10.2 Å². The van der Waals surface area contributed by atoms with E-state index in [1.165, 1.54) is 5.56 Å². The molecule has 1 N–H and O–H groups in total. The van der Waals surface area contributed by atoms with Crippen molar-refractivity contribution in [2.75, 3.05) is 11.9 Å². The third kappa shape index (κ3) is 3.80. The highest BCUT2D eigenvalue weighted by Crippen LogP contribution is 2.39. The summed E-state index contributed by atoms with van der Waals surface area (Å²) in [5, 5.41) is 8.83. The molecule has 5 rings (SSSR count). The summed E-state index contributed by atoms with van der Waals surface area (Å²) in [7, 11) is 0. The number of allylic oxidation sites excluding steroid dienone is 1. The Hall–Kier alpha value is -2.76. The molecule has 3 aromatic rings. The van der Waals surface area contributed by atoms with Crippen molar-refractivity contribution < 1.29 is 4.79 Å². The van der Waals surface area contributed by atoms with E-state index in [0.717, 1.165) is 42.9 Å². The second kappa shape index (κ2) is 8.64. The average molecular weight is 467 g/mol. The van der Waals surface area contributed by atoms with E-state index in [1.54, 1.807) is 12.3 Å². The van der Waals surface area contributed by atoms with E-state index in [1.807, 2.05) is 52.9 Å². The van der Waals surface area contributed by atoms with Gasteiger partial charge in [0, 0.05) is 24.4 Å². The topological polar surface area (TPSA) is 50.2 Å². The number of benzene rings is 2. The van der Waals surface area contributed by atoms with Crippen molar-refractivity contribution in [2.45, 2.75) is 38.3 Å². The number of halogens is 2. The second-order valence-corrected chi connectivity index (χ2v) is 9.20. The van der Waals surface area contributed by atoms with Gasteiger partial charge in [0.15, 0.2) is 0 Å². The molecule has 1 unspecified atom stereocenters. The summed E-state index contributed by atoms with van der Waals surface area (Å²) >= 11 is 12.5. The molecule has 2 aromatic carbocycles. The van der Waals surface area contributed by atoms with Crippen LogP contribution >= 0.6 is 23.2 Å². The van der Waals surface area contributed by atoms with Crippen LogP contribution in [0.5, 0.6) is 0 Å². The van der Waals surface area contributed by atoms with Crippen LogP contribution < -0.4 is 5.32 Å². The first kappa shape index (κ1) is 21.1. The van der Waals surface area contributed by atoms with Crippen molar-refractivity contribution >= 4 is 34.9 Å². The van der Waals surface area contributed by atoms with Gasteiger partial charge in [0.25, 0.3) is 5.91 Å². The molecule has 0 spiro atoms. The van der Waals surface area contributed by atoms with Crippen molar-refractivity contribution in [1.29, 1.82) is 0 Å². The Bertz CT molecular complexity index is 1190. The molecule has 1 amide bonds. The van der Waals surface area contributed by atoms with E-state index >= 15 is 0 Å². The van der Waals surface area contributed by atoms with Crippen molar-refractivity contribution in [2.24, 2.45) is 0 Å². The Kier molecular flexibility index (Phi) is 5.70. The van der Waals surface area contributed by atoms with Crippen molar-refractivity contribution in [3.05, 3.63) is 93.2 Å². The molecular formula is C25H24Cl2N4O. The van der Waals surface area contributed by atoms with Crippen LogP contribution in [0.25, 0.3) is 0 Å². The van der Waals surface area contributed by atoms with Crippen molar-refractivity contribution in [3.8, 4) is 0 Å².